The second kappa shape index (κ2) is 8.05. The maximum atomic E-state index is 13.0. The summed E-state index contributed by atoms with van der Waals surface area (Å²) in [4.78, 5) is 49.4. The molecule has 0 spiro atoms. The molecule has 1 aliphatic carbocycles. The molecule has 1 aliphatic heterocycles. The molecule has 5 N–H and O–H groups in total. The number of nitrogens with zero attached hydrogens (tertiary/aromatic N) is 6. The van der Waals surface area contributed by atoms with Crippen LogP contribution in [0.1, 0.15) is 18.5 Å². The highest BCUT2D eigenvalue weighted by Gasteiger charge is 2.56. The summed E-state index contributed by atoms with van der Waals surface area (Å²) in [5.74, 6) is -3.36. The van der Waals surface area contributed by atoms with Gasteiger partial charge in [-0.05, 0) is 0 Å². The van der Waals surface area contributed by atoms with Gasteiger partial charge >= 0.3 is 16.3 Å². The number of aliphatic carboxylic acids is 1. The highest BCUT2D eigenvalue weighted by Crippen LogP contribution is 2.40. The fraction of sp³-hybridized carbons (Fsp3) is 0.400. The lowest BCUT2D eigenvalue weighted by Gasteiger charge is -2.43. The number of carboxylic acid groups (broad SMARTS) is 1. The van der Waals surface area contributed by atoms with Gasteiger partial charge in [-0.15, -0.1) is 11.3 Å². The van der Waals surface area contributed by atoms with Crippen LogP contribution in [0.2, 0.25) is 0 Å². The van der Waals surface area contributed by atoms with Gasteiger partial charge in [0.2, 0.25) is 5.60 Å². The van der Waals surface area contributed by atoms with Gasteiger partial charge in [0.25, 0.3) is 11.8 Å². The van der Waals surface area contributed by atoms with Crippen molar-refractivity contribution in [3.63, 3.8) is 0 Å². The molecule has 4 rings (SSSR count). The van der Waals surface area contributed by atoms with Crippen molar-refractivity contribution in [2.45, 2.75) is 37.1 Å². The van der Waals surface area contributed by atoms with Crippen LogP contribution in [0.25, 0.3) is 0 Å². The number of nitrogens with two attached hydrogens (primary N) is 1. The van der Waals surface area contributed by atoms with Crippen LogP contribution in [0.3, 0.4) is 0 Å². The third-order valence-corrected chi connectivity index (χ3v) is 6.55. The zero-order valence-electron chi connectivity index (χ0n) is 16.4. The zero-order valence-corrected chi connectivity index (χ0v) is 18.1. The summed E-state index contributed by atoms with van der Waals surface area (Å²) >= 11 is 0.980. The number of nitrogen functional groups attached to an aromatic ring is 1. The molecule has 2 aromatic heterocycles. The smallest absolute Gasteiger partial charge is 0.362 e. The average molecular weight is 500 g/mol. The maximum absolute atomic E-state index is 13.0. The first kappa shape index (κ1) is 22.6. The number of nitrogens with one attached hydrogen (secondary N) is 1. The Morgan fingerprint density at radius 1 is 1.42 bits per heavy atom. The molecule has 18 heteroatoms. The Balaban J connectivity index is 1.58. The summed E-state index contributed by atoms with van der Waals surface area (Å²) in [7, 11) is -4.91. The number of hydrogen-bond donors (Lipinski definition) is 4. The van der Waals surface area contributed by atoms with Gasteiger partial charge in [-0.25, -0.2) is 19.1 Å². The summed E-state index contributed by atoms with van der Waals surface area (Å²) in [5.41, 5.74) is 3.54. The van der Waals surface area contributed by atoms with E-state index in [0.717, 1.165) is 11.3 Å². The number of amides is 2. The number of anilines is 1. The van der Waals surface area contributed by atoms with Crippen molar-refractivity contribution in [1.82, 2.24) is 29.4 Å². The number of thiazole rings is 1. The molecule has 0 bridgehead atoms. The molecule has 176 valence electrons. The van der Waals surface area contributed by atoms with Gasteiger partial charge in [0.05, 0.1) is 12.6 Å². The third-order valence-electron chi connectivity index (χ3n) is 4.93. The van der Waals surface area contributed by atoms with Crippen LogP contribution in [0, 0.1) is 0 Å². The minimum atomic E-state index is -4.91. The Morgan fingerprint density at radius 2 is 2.15 bits per heavy atom. The minimum absolute atomic E-state index is 0.0394. The molecule has 1 unspecified atom stereocenters. The van der Waals surface area contributed by atoms with E-state index < -0.39 is 51.5 Å². The van der Waals surface area contributed by atoms with Gasteiger partial charge in [-0.1, -0.05) is 5.16 Å². The molecule has 3 heterocycles. The van der Waals surface area contributed by atoms with Gasteiger partial charge < -0.3 is 21.0 Å². The van der Waals surface area contributed by atoms with E-state index in [2.05, 4.69) is 25.5 Å². The largest absolute Gasteiger partial charge is 0.478 e. The summed E-state index contributed by atoms with van der Waals surface area (Å²) in [6.45, 7) is -0.217. The molecular formula is C15H16N8O8S2. The summed E-state index contributed by atoms with van der Waals surface area (Å²) in [6.07, 6.45) is 2.80. The lowest BCUT2D eigenvalue weighted by molar-refractivity contribution is -0.153. The SMILES string of the molecule is Nc1nc(/C(=N/OC2(C(=O)O)CC2)C(=O)NC2C(=O)N(S(=O)(=O)O)[C@@H]2Cn2cncn2)cs1. The lowest BCUT2D eigenvalue weighted by atomic mass is 9.98. The normalized spacial score (nSPS) is 21.9. The first-order valence-electron chi connectivity index (χ1n) is 9.17. The molecule has 2 aromatic rings. The summed E-state index contributed by atoms with van der Waals surface area (Å²) in [5, 5.41) is 20.5. The van der Waals surface area contributed by atoms with Crippen LogP contribution in [-0.4, -0.2) is 83.3 Å². The van der Waals surface area contributed by atoms with Crippen LogP contribution in [0.4, 0.5) is 5.13 Å². The van der Waals surface area contributed by atoms with Crippen LogP contribution in [-0.2, 0) is 36.1 Å². The molecule has 0 aromatic carbocycles. The molecule has 2 fully saturated rings. The second-order valence-electron chi connectivity index (χ2n) is 7.15. The number of carbonyl (C=O) groups is 3. The van der Waals surface area contributed by atoms with Crippen molar-refractivity contribution in [1.29, 1.82) is 0 Å². The maximum Gasteiger partial charge on any atom is 0.362 e. The molecule has 2 amide bonds. The van der Waals surface area contributed by atoms with E-state index in [1.165, 1.54) is 22.7 Å². The summed E-state index contributed by atoms with van der Waals surface area (Å²) < 4.78 is 34.0. The van der Waals surface area contributed by atoms with Crippen molar-refractivity contribution < 1.29 is 37.3 Å². The highest BCUT2D eigenvalue weighted by molar-refractivity contribution is 7.84. The number of hydrogen-bond acceptors (Lipinski definition) is 12. The van der Waals surface area contributed by atoms with Gasteiger partial charge in [0, 0.05) is 18.2 Å². The Morgan fingerprint density at radius 3 is 2.67 bits per heavy atom. The van der Waals surface area contributed by atoms with E-state index >= 15 is 0 Å². The molecule has 16 nitrogen and oxygen atoms in total. The van der Waals surface area contributed by atoms with Crippen LogP contribution < -0.4 is 11.1 Å². The molecule has 1 saturated heterocycles. The number of carboxylic acids is 1. The van der Waals surface area contributed by atoms with Gasteiger partial charge in [0.15, 0.2) is 10.8 Å². The van der Waals surface area contributed by atoms with Crippen LogP contribution >= 0.6 is 11.3 Å². The third kappa shape index (κ3) is 4.34. The molecule has 0 radical (unpaired) electrons. The van der Waals surface area contributed by atoms with Crippen molar-refractivity contribution in [3.05, 3.63) is 23.7 Å². The molecular weight excluding hydrogens is 484 g/mol. The number of carbonyl (C=O) groups excluding carboxylic acids is 2. The van der Waals surface area contributed by atoms with E-state index in [1.807, 2.05) is 0 Å². The van der Waals surface area contributed by atoms with E-state index in [4.69, 9.17) is 10.6 Å². The number of rotatable bonds is 9. The van der Waals surface area contributed by atoms with E-state index in [-0.39, 0.29) is 34.5 Å². The molecule has 1 saturated carbocycles. The minimum Gasteiger partial charge on any atom is -0.478 e. The van der Waals surface area contributed by atoms with Crippen molar-refractivity contribution in [3.8, 4) is 0 Å². The van der Waals surface area contributed by atoms with E-state index in [1.54, 1.807) is 0 Å². The average Bonchev–Trinajstić information content (AvgIpc) is 3.12. The number of oxime groups is 1. The Bertz CT molecular complexity index is 1240. The van der Waals surface area contributed by atoms with Crippen LogP contribution in [0.15, 0.2) is 23.2 Å². The molecule has 33 heavy (non-hydrogen) atoms. The first-order chi connectivity index (χ1) is 15.5. The highest BCUT2D eigenvalue weighted by atomic mass is 32.2. The van der Waals surface area contributed by atoms with Crippen molar-refractivity contribution in [2.75, 3.05) is 5.73 Å². The predicted octanol–water partition coefficient (Wildman–Crippen LogP) is -2.15. The Labute approximate surface area is 188 Å². The van der Waals surface area contributed by atoms with E-state index in [0.29, 0.717) is 0 Å². The topological polar surface area (TPSA) is 232 Å². The second-order valence-corrected chi connectivity index (χ2v) is 9.33. The Kier molecular flexibility index (Phi) is 5.50. The van der Waals surface area contributed by atoms with Gasteiger partial charge in [-0.2, -0.15) is 13.5 Å². The fourth-order valence-corrected chi connectivity index (χ4v) is 4.48. The predicted molar refractivity (Wildman–Crippen MR) is 108 cm³/mol. The molecule has 2 aliphatic rings. The number of aromatic nitrogens is 4. The first-order valence-corrected chi connectivity index (χ1v) is 11.4. The van der Waals surface area contributed by atoms with Gasteiger partial charge in [-0.3, -0.25) is 18.8 Å². The lowest BCUT2D eigenvalue weighted by Crippen LogP contribution is -2.73. The van der Waals surface area contributed by atoms with Gasteiger partial charge in [0.1, 0.15) is 24.4 Å². The van der Waals surface area contributed by atoms with E-state index in [9.17, 15) is 32.5 Å². The standard InChI is InChI=1S/C15H16N8O8S2/c16-14-19-7(4-32-14)9(21-31-15(1-2-15)13(26)27)11(24)20-10-8(3-22-6-17-5-18-22)23(12(10)25)33(28,29)30/h4-6,8,10H,1-3H2,(H2,16,19)(H,20,24)(H,26,27)(H,28,29,30)/b21-9-/t8-,10?/m1/s1. The fourth-order valence-electron chi connectivity index (χ4n) is 3.06. The summed E-state index contributed by atoms with van der Waals surface area (Å²) in [6, 6.07) is -2.62. The Hall–Kier alpha value is -3.64. The zero-order chi connectivity index (χ0) is 24.0. The monoisotopic (exact) mass is 500 g/mol. The quantitative estimate of drug-likeness (QED) is 0.125. The number of β-lactam (4-membered cyclic amide) rings is 1. The van der Waals surface area contributed by atoms with Crippen molar-refractivity contribution >= 4 is 50.3 Å². The van der Waals surface area contributed by atoms with Crippen molar-refractivity contribution in [2.24, 2.45) is 5.16 Å². The molecule has 2 atom stereocenters. The van der Waals surface area contributed by atoms with Crippen LogP contribution in [0.5, 0.6) is 0 Å².